The maximum atomic E-state index is 12.3. The van der Waals surface area contributed by atoms with Gasteiger partial charge in [0.05, 0.1) is 5.75 Å². The van der Waals surface area contributed by atoms with Crippen LogP contribution in [0.15, 0.2) is 23.1 Å². The largest absolute Gasteiger partial charge is 0.398 e. The number of benzene rings is 1. The van der Waals surface area contributed by atoms with E-state index in [1.807, 2.05) is 37.1 Å². The third kappa shape index (κ3) is 3.92. The second-order valence-electron chi connectivity index (χ2n) is 5.63. The van der Waals surface area contributed by atoms with Gasteiger partial charge in [0.25, 0.3) is 0 Å². The highest BCUT2D eigenvalue weighted by atomic mass is 32.2. The molecule has 1 aromatic rings. The van der Waals surface area contributed by atoms with Gasteiger partial charge >= 0.3 is 0 Å². The van der Waals surface area contributed by atoms with Crippen LogP contribution in [0.4, 0.5) is 5.69 Å². The van der Waals surface area contributed by atoms with Crippen LogP contribution < -0.4 is 5.73 Å². The molecule has 1 saturated carbocycles. The van der Waals surface area contributed by atoms with Gasteiger partial charge in [-0.1, -0.05) is 25.3 Å². The summed E-state index contributed by atoms with van der Waals surface area (Å²) in [7, 11) is 1.94. The number of nitrogens with two attached hydrogens (primary N) is 1. The lowest BCUT2D eigenvalue weighted by molar-refractivity contribution is -0.129. The molecule has 0 saturated heterocycles. The van der Waals surface area contributed by atoms with Crippen LogP contribution in [-0.2, 0) is 4.79 Å². The van der Waals surface area contributed by atoms with E-state index in [1.165, 1.54) is 31.0 Å². The molecule has 0 unspecified atom stereocenters. The van der Waals surface area contributed by atoms with E-state index in [4.69, 9.17) is 5.73 Å². The Balaban J connectivity index is 1.87. The lowest BCUT2D eigenvalue weighted by atomic mass is 9.94. The van der Waals surface area contributed by atoms with Crippen LogP contribution in [-0.4, -0.2) is 29.6 Å². The van der Waals surface area contributed by atoms with Crippen molar-refractivity contribution in [2.75, 3.05) is 18.5 Å². The number of hydrogen-bond acceptors (Lipinski definition) is 3. The number of carbonyl (C=O) groups is 1. The van der Waals surface area contributed by atoms with Crippen molar-refractivity contribution >= 4 is 23.4 Å². The van der Waals surface area contributed by atoms with Crippen LogP contribution in [0.3, 0.4) is 0 Å². The molecule has 1 aliphatic rings. The SMILES string of the molecule is Cc1ccc(SCC(=O)N(C)C2CCCCC2)c(N)c1. The Kier molecular flexibility index (Phi) is 5.35. The Bertz CT molecular complexity index is 470. The number of anilines is 1. The van der Waals surface area contributed by atoms with Crippen molar-refractivity contribution in [3.8, 4) is 0 Å². The fourth-order valence-electron chi connectivity index (χ4n) is 2.71. The maximum Gasteiger partial charge on any atom is 0.232 e. The van der Waals surface area contributed by atoms with Crippen molar-refractivity contribution in [3.05, 3.63) is 23.8 Å². The molecule has 0 radical (unpaired) electrons. The molecule has 0 heterocycles. The van der Waals surface area contributed by atoms with Crippen molar-refractivity contribution in [1.29, 1.82) is 0 Å². The lowest BCUT2D eigenvalue weighted by Gasteiger charge is -2.31. The van der Waals surface area contributed by atoms with E-state index in [0.29, 0.717) is 11.8 Å². The van der Waals surface area contributed by atoms with E-state index in [-0.39, 0.29) is 5.91 Å². The van der Waals surface area contributed by atoms with Gasteiger partial charge in [-0.15, -0.1) is 11.8 Å². The third-order valence-electron chi connectivity index (χ3n) is 4.03. The Labute approximate surface area is 125 Å². The van der Waals surface area contributed by atoms with Crippen LogP contribution in [0.25, 0.3) is 0 Å². The first-order valence-electron chi connectivity index (χ1n) is 7.32. The summed E-state index contributed by atoms with van der Waals surface area (Å²) < 4.78 is 0. The number of carbonyl (C=O) groups excluding carboxylic acids is 1. The highest BCUT2D eigenvalue weighted by molar-refractivity contribution is 8.00. The average molecular weight is 292 g/mol. The van der Waals surface area contributed by atoms with E-state index >= 15 is 0 Å². The zero-order valence-corrected chi connectivity index (χ0v) is 13.2. The summed E-state index contributed by atoms with van der Waals surface area (Å²) in [5.74, 6) is 0.683. The molecule has 110 valence electrons. The fraction of sp³-hybridized carbons (Fsp3) is 0.562. The van der Waals surface area contributed by atoms with Crippen molar-refractivity contribution < 1.29 is 4.79 Å². The Morgan fingerprint density at radius 2 is 2.05 bits per heavy atom. The summed E-state index contributed by atoms with van der Waals surface area (Å²) in [6, 6.07) is 6.43. The van der Waals surface area contributed by atoms with Crippen LogP contribution in [0.5, 0.6) is 0 Å². The van der Waals surface area contributed by atoms with E-state index in [2.05, 4.69) is 0 Å². The van der Waals surface area contributed by atoms with Crippen molar-refractivity contribution in [2.45, 2.75) is 50.0 Å². The highest BCUT2D eigenvalue weighted by Gasteiger charge is 2.21. The van der Waals surface area contributed by atoms with Gasteiger partial charge in [0.1, 0.15) is 0 Å². The molecule has 20 heavy (non-hydrogen) atoms. The Morgan fingerprint density at radius 3 is 2.70 bits per heavy atom. The van der Waals surface area contributed by atoms with Crippen molar-refractivity contribution in [2.24, 2.45) is 0 Å². The molecule has 2 N–H and O–H groups in total. The van der Waals surface area contributed by atoms with Gasteiger partial charge in [0.15, 0.2) is 0 Å². The van der Waals surface area contributed by atoms with Gasteiger partial charge in [0.2, 0.25) is 5.91 Å². The van der Waals surface area contributed by atoms with Crippen molar-refractivity contribution in [1.82, 2.24) is 4.90 Å². The lowest BCUT2D eigenvalue weighted by Crippen LogP contribution is -2.39. The molecule has 2 rings (SSSR count). The minimum absolute atomic E-state index is 0.210. The number of amides is 1. The summed E-state index contributed by atoms with van der Waals surface area (Å²) in [5, 5.41) is 0. The van der Waals surface area contributed by atoms with E-state index in [9.17, 15) is 4.79 Å². The molecular formula is C16H24N2OS. The van der Waals surface area contributed by atoms with Crippen LogP contribution in [0.1, 0.15) is 37.7 Å². The third-order valence-corrected chi connectivity index (χ3v) is 5.11. The average Bonchev–Trinajstić information content (AvgIpc) is 2.46. The van der Waals surface area contributed by atoms with Crippen LogP contribution in [0, 0.1) is 6.92 Å². The molecule has 0 atom stereocenters. The normalized spacial score (nSPS) is 16.1. The number of thioether (sulfide) groups is 1. The number of aryl methyl sites for hydroxylation is 1. The van der Waals surface area contributed by atoms with Gasteiger partial charge in [-0.2, -0.15) is 0 Å². The van der Waals surface area contributed by atoms with Crippen LogP contribution >= 0.6 is 11.8 Å². The molecule has 0 bridgehead atoms. The Hall–Kier alpha value is -1.16. The summed E-state index contributed by atoms with van der Waals surface area (Å²) in [6.45, 7) is 2.02. The zero-order valence-electron chi connectivity index (χ0n) is 12.4. The van der Waals surface area contributed by atoms with E-state index in [1.54, 1.807) is 0 Å². The van der Waals surface area contributed by atoms with Crippen LogP contribution in [0.2, 0.25) is 0 Å². The number of nitrogens with zero attached hydrogens (tertiary/aromatic N) is 1. The minimum atomic E-state index is 0.210. The second-order valence-corrected chi connectivity index (χ2v) is 6.64. The molecule has 1 aromatic carbocycles. The topological polar surface area (TPSA) is 46.3 Å². The van der Waals surface area contributed by atoms with Gasteiger partial charge in [0, 0.05) is 23.7 Å². The van der Waals surface area contributed by atoms with Crippen molar-refractivity contribution in [3.63, 3.8) is 0 Å². The molecule has 0 aliphatic heterocycles. The van der Waals surface area contributed by atoms with E-state index in [0.717, 1.165) is 29.0 Å². The second kappa shape index (κ2) is 7.02. The van der Waals surface area contributed by atoms with Gasteiger partial charge in [-0.25, -0.2) is 0 Å². The molecule has 3 nitrogen and oxygen atoms in total. The predicted molar refractivity (Wildman–Crippen MR) is 86.0 cm³/mol. The first-order valence-corrected chi connectivity index (χ1v) is 8.31. The highest BCUT2D eigenvalue weighted by Crippen LogP contribution is 2.27. The van der Waals surface area contributed by atoms with E-state index < -0.39 is 0 Å². The monoisotopic (exact) mass is 292 g/mol. The fourth-order valence-corrected chi connectivity index (χ4v) is 3.59. The first kappa shape index (κ1) is 15.2. The maximum absolute atomic E-state index is 12.3. The first-order chi connectivity index (χ1) is 9.58. The summed E-state index contributed by atoms with van der Waals surface area (Å²) in [5.41, 5.74) is 7.90. The minimum Gasteiger partial charge on any atom is -0.398 e. The molecular weight excluding hydrogens is 268 g/mol. The number of hydrogen-bond donors (Lipinski definition) is 1. The van der Waals surface area contributed by atoms with Gasteiger partial charge in [-0.05, 0) is 37.5 Å². The molecule has 0 spiro atoms. The Morgan fingerprint density at radius 1 is 1.35 bits per heavy atom. The molecule has 1 fully saturated rings. The zero-order chi connectivity index (χ0) is 14.5. The number of nitrogen functional groups attached to an aromatic ring is 1. The summed E-state index contributed by atoms with van der Waals surface area (Å²) in [4.78, 5) is 15.2. The molecule has 0 aromatic heterocycles. The molecule has 1 aliphatic carbocycles. The van der Waals surface area contributed by atoms with Gasteiger partial charge in [-0.3, -0.25) is 4.79 Å². The predicted octanol–water partition coefficient (Wildman–Crippen LogP) is 3.46. The smallest absolute Gasteiger partial charge is 0.232 e. The number of rotatable bonds is 4. The molecule has 1 amide bonds. The molecule has 4 heteroatoms. The quantitative estimate of drug-likeness (QED) is 0.683. The summed E-state index contributed by atoms with van der Waals surface area (Å²) in [6.07, 6.45) is 6.12. The standard InChI is InChI=1S/C16H24N2OS/c1-12-8-9-15(14(17)10-12)20-11-16(19)18(2)13-6-4-3-5-7-13/h8-10,13H,3-7,11,17H2,1-2H3. The van der Waals surface area contributed by atoms with Gasteiger partial charge < -0.3 is 10.6 Å². The summed E-state index contributed by atoms with van der Waals surface area (Å²) >= 11 is 1.54.